The summed E-state index contributed by atoms with van der Waals surface area (Å²) in [6.07, 6.45) is 0.780. The zero-order chi connectivity index (χ0) is 13.3. The summed E-state index contributed by atoms with van der Waals surface area (Å²) in [5, 5.41) is 2.58. The molecule has 1 N–H and O–H groups in total. The second kappa shape index (κ2) is 5.06. The molecule has 2 rings (SSSR count). The minimum absolute atomic E-state index is 0.185. The Morgan fingerprint density at radius 2 is 2.11 bits per heavy atom. The molecule has 0 radical (unpaired) electrons. The largest absolute Gasteiger partial charge is 0.296 e. The number of carbonyl (C=O) groups excluding carboxylic acids is 2. The number of hydrogen-bond donors (Lipinski definition) is 1. The smallest absolute Gasteiger partial charge is 0.230 e. The van der Waals surface area contributed by atoms with Crippen LogP contribution in [0.1, 0.15) is 31.2 Å². The van der Waals surface area contributed by atoms with E-state index in [9.17, 15) is 14.0 Å². The maximum atomic E-state index is 13.3. The van der Waals surface area contributed by atoms with E-state index in [4.69, 9.17) is 11.6 Å². The quantitative estimate of drug-likeness (QED) is 0.839. The Morgan fingerprint density at radius 3 is 2.72 bits per heavy atom. The van der Waals surface area contributed by atoms with Gasteiger partial charge in [-0.15, -0.1) is 0 Å². The van der Waals surface area contributed by atoms with Gasteiger partial charge in [0.05, 0.1) is 0 Å². The van der Waals surface area contributed by atoms with E-state index < -0.39 is 5.82 Å². The third-order valence-electron chi connectivity index (χ3n) is 3.24. The molecule has 0 aliphatic carbocycles. The first-order chi connectivity index (χ1) is 8.51. The lowest BCUT2D eigenvalue weighted by atomic mass is 9.79. The number of hydrogen-bond acceptors (Lipinski definition) is 2. The number of nitrogens with one attached hydrogen (secondary N) is 1. The van der Waals surface area contributed by atoms with Crippen LogP contribution in [0.5, 0.6) is 0 Å². The Labute approximate surface area is 109 Å². The van der Waals surface area contributed by atoms with Gasteiger partial charge in [-0.1, -0.05) is 18.5 Å². The first-order valence-electron chi connectivity index (χ1n) is 5.81. The lowest BCUT2D eigenvalue weighted by molar-refractivity contribution is -0.137. The molecule has 1 aromatic rings. The van der Waals surface area contributed by atoms with E-state index in [-0.39, 0.29) is 35.1 Å². The van der Waals surface area contributed by atoms with Crippen LogP contribution >= 0.6 is 11.6 Å². The Kier molecular flexibility index (Phi) is 3.66. The number of piperidine rings is 1. The molecule has 3 nitrogen and oxygen atoms in total. The highest BCUT2D eigenvalue weighted by Gasteiger charge is 2.35. The number of halogens is 2. The predicted molar refractivity (Wildman–Crippen MR) is 65.7 cm³/mol. The summed E-state index contributed by atoms with van der Waals surface area (Å²) < 4.78 is 13.3. The highest BCUT2D eigenvalue weighted by atomic mass is 35.5. The van der Waals surface area contributed by atoms with Gasteiger partial charge < -0.3 is 0 Å². The highest BCUT2D eigenvalue weighted by molar-refractivity contribution is 6.30. The fraction of sp³-hybridized carbons (Fsp3) is 0.385. The van der Waals surface area contributed by atoms with Gasteiger partial charge in [-0.25, -0.2) is 4.39 Å². The monoisotopic (exact) mass is 269 g/mol. The molecule has 2 unspecified atom stereocenters. The van der Waals surface area contributed by atoms with Crippen LogP contribution in [0.4, 0.5) is 4.39 Å². The number of carbonyl (C=O) groups is 2. The van der Waals surface area contributed by atoms with Crippen molar-refractivity contribution in [3.63, 3.8) is 0 Å². The second-order valence-electron chi connectivity index (χ2n) is 4.44. The van der Waals surface area contributed by atoms with Gasteiger partial charge in [0, 0.05) is 23.3 Å². The Bertz CT molecular complexity index is 484. The van der Waals surface area contributed by atoms with Crippen molar-refractivity contribution in [3.05, 3.63) is 34.6 Å². The maximum absolute atomic E-state index is 13.3. The fourth-order valence-electron chi connectivity index (χ4n) is 2.42. The summed E-state index contributed by atoms with van der Waals surface area (Å²) in [5.74, 6) is -1.69. The molecule has 2 amide bonds. The van der Waals surface area contributed by atoms with E-state index in [0.29, 0.717) is 12.0 Å². The van der Waals surface area contributed by atoms with Gasteiger partial charge in [0.15, 0.2) is 0 Å². The molecule has 0 saturated carbocycles. The lowest BCUT2D eigenvalue weighted by Gasteiger charge is -2.29. The molecule has 2 atom stereocenters. The van der Waals surface area contributed by atoms with E-state index in [1.165, 1.54) is 12.1 Å². The van der Waals surface area contributed by atoms with Crippen molar-refractivity contribution in [1.82, 2.24) is 5.32 Å². The number of imide groups is 1. The minimum Gasteiger partial charge on any atom is -0.296 e. The van der Waals surface area contributed by atoms with Crippen molar-refractivity contribution in [1.29, 1.82) is 0 Å². The molecule has 1 saturated heterocycles. The van der Waals surface area contributed by atoms with E-state index in [0.717, 1.165) is 0 Å². The normalized spacial score (nSPS) is 23.9. The number of benzene rings is 1. The van der Waals surface area contributed by atoms with Gasteiger partial charge in [0.25, 0.3) is 0 Å². The Balaban J connectivity index is 2.39. The molecule has 0 aromatic heterocycles. The van der Waals surface area contributed by atoms with Gasteiger partial charge in [0.2, 0.25) is 11.8 Å². The molecule has 1 heterocycles. The molecule has 1 fully saturated rings. The van der Waals surface area contributed by atoms with E-state index in [1.54, 1.807) is 6.07 Å². The average molecular weight is 270 g/mol. The van der Waals surface area contributed by atoms with Crippen LogP contribution in [-0.2, 0) is 9.59 Å². The van der Waals surface area contributed by atoms with Gasteiger partial charge >= 0.3 is 0 Å². The van der Waals surface area contributed by atoms with Gasteiger partial charge in [0.1, 0.15) is 5.82 Å². The molecule has 1 aliphatic rings. The van der Waals surface area contributed by atoms with Crippen LogP contribution in [0.15, 0.2) is 18.2 Å². The van der Waals surface area contributed by atoms with Crippen molar-refractivity contribution in [2.75, 3.05) is 0 Å². The van der Waals surface area contributed by atoms with Gasteiger partial charge in [-0.3, -0.25) is 14.9 Å². The second-order valence-corrected chi connectivity index (χ2v) is 4.88. The molecule has 5 heteroatoms. The molecule has 1 aliphatic heterocycles. The summed E-state index contributed by atoms with van der Waals surface area (Å²) in [6.45, 7) is 1.87. The maximum Gasteiger partial charge on any atom is 0.230 e. The molecule has 1 aromatic carbocycles. The highest BCUT2D eigenvalue weighted by Crippen LogP contribution is 2.34. The standard InChI is InChI=1S/C13H13ClFNO2/c1-2-10-11(6-12(17)16-13(10)18)7-3-8(14)5-9(15)4-7/h3-5,10-11H,2,6H2,1H3,(H,16,17,18). The third-order valence-corrected chi connectivity index (χ3v) is 3.46. The lowest BCUT2D eigenvalue weighted by Crippen LogP contribution is -2.44. The molecular formula is C13H13ClFNO2. The van der Waals surface area contributed by atoms with Crippen molar-refractivity contribution >= 4 is 23.4 Å². The molecule has 0 spiro atoms. The molecule has 18 heavy (non-hydrogen) atoms. The third kappa shape index (κ3) is 2.53. The molecule has 0 bridgehead atoms. The van der Waals surface area contributed by atoms with E-state index in [2.05, 4.69) is 5.32 Å². The number of amides is 2. The van der Waals surface area contributed by atoms with Crippen molar-refractivity contribution in [3.8, 4) is 0 Å². The molecule has 96 valence electrons. The van der Waals surface area contributed by atoms with Crippen molar-refractivity contribution in [2.45, 2.75) is 25.7 Å². The topological polar surface area (TPSA) is 46.2 Å². The predicted octanol–water partition coefficient (Wildman–Crippen LogP) is 2.64. The van der Waals surface area contributed by atoms with Crippen LogP contribution in [0, 0.1) is 11.7 Å². The fourth-order valence-corrected chi connectivity index (χ4v) is 2.65. The zero-order valence-electron chi connectivity index (χ0n) is 9.87. The molecular weight excluding hydrogens is 257 g/mol. The first-order valence-corrected chi connectivity index (χ1v) is 6.18. The first kappa shape index (κ1) is 13.0. The van der Waals surface area contributed by atoms with Gasteiger partial charge in [-0.2, -0.15) is 0 Å². The summed E-state index contributed by atoms with van der Waals surface area (Å²) in [5.41, 5.74) is 0.607. The van der Waals surface area contributed by atoms with Crippen LogP contribution < -0.4 is 5.32 Å². The summed E-state index contributed by atoms with van der Waals surface area (Å²) >= 11 is 5.81. The van der Waals surface area contributed by atoms with Crippen LogP contribution in [0.25, 0.3) is 0 Å². The zero-order valence-corrected chi connectivity index (χ0v) is 10.6. The SMILES string of the molecule is CCC1C(=O)NC(=O)CC1c1cc(F)cc(Cl)c1. The van der Waals surface area contributed by atoms with E-state index in [1.807, 2.05) is 6.92 Å². The van der Waals surface area contributed by atoms with E-state index >= 15 is 0 Å². The van der Waals surface area contributed by atoms with Crippen molar-refractivity contribution in [2.24, 2.45) is 5.92 Å². The van der Waals surface area contributed by atoms with Crippen LogP contribution in [-0.4, -0.2) is 11.8 Å². The van der Waals surface area contributed by atoms with Crippen LogP contribution in [0.3, 0.4) is 0 Å². The minimum atomic E-state index is -0.453. The van der Waals surface area contributed by atoms with Crippen LogP contribution in [0.2, 0.25) is 5.02 Å². The Hall–Kier alpha value is -1.42. The van der Waals surface area contributed by atoms with Gasteiger partial charge in [-0.05, 0) is 30.2 Å². The summed E-state index contributed by atoms with van der Waals surface area (Å²) in [4.78, 5) is 23.2. The Morgan fingerprint density at radius 1 is 1.39 bits per heavy atom. The average Bonchev–Trinajstić information content (AvgIpc) is 2.26. The summed E-state index contributed by atoms with van der Waals surface area (Å²) in [6, 6.07) is 4.16. The van der Waals surface area contributed by atoms with Crippen molar-refractivity contribution < 1.29 is 14.0 Å². The summed E-state index contributed by atoms with van der Waals surface area (Å²) in [7, 11) is 0. The number of rotatable bonds is 2.